The Morgan fingerprint density at radius 3 is 2.65 bits per heavy atom. The third-order valence-corrected chi connectivity index (χ3v) is 3.39. The molecular formula is C13H19BFN2O3. The van der Waals surface area contributed by atoms with Crippen LogP contribution in [0.2, 0.25) is 0 Å². The Bertz CT molecular complexity index is 428. The molecule has 1 aliphatic rings. The second kappa shape index (κ2) is 7.47. The summed E-state index contributed by atoms with van der Waals surface area (Å²) in [4.78, 5) is 4.43. The molecule has 1 fully saturated rings. The van der Waals surface area contributed by atoms with E-state index in [1.54, 1.807) is 13.2 Å². The zero-order valence-electron chi connectivity index (χ0n) is 11.6. The molecular weight excluding hydrogens is 262 g/mol. The summed E-state index contributed by atoms with van der Waals surface area (Å²) in [6.07, 6.45) is 0. The minimum absolute atomic E-state index is 0.296. The van der Waals surface area contributed by atoms with Crippen molar-refractivity contribution in [3.05, 3.63) is 24.0 Å². The molecule has 5 nitrogen and oxygen atoms in total. The van der Waals surface area contributed by atoms with E-state index in [1.807, 2.05) is 0 Å². The van der Waals surface area contributed by atoms with Gasteiger partial charge in [-0.15, -0.1) is 0 Å². The van der Waals surface area contributed by atoms with E-state index < -0.39 is 0 Å². The minimum Gasteiger partial charge on any atom is -0.537 e. The van der Waals surface area contributed by atoms with E-state index in [9.17, 15) is 4.39 Å². The smallest absolute Gasteiger partial charge is 0.537 e. The third-order valence-electron chi connectivity index (χ3n) is 3.39. The normalized spacial score (nSPS) is 16.2. The minimum atomic E-state index is -0.374. The molecule has 0 aliphatic carbocycles. The van der Waals surface area contributed by atoms with Crippen molar-refractivity contribution in [1.82, 2.24) is 4.90 Å². The summed E-state index contributed by atoms with van der Waals surface area (Å²) in [5, 5.41) is 8.63. The molecule has 0 spiro atoms. The fourth-order valence-corrected chi connectivity index (χ4v) is 2.31. The van der Waals surface area contributed by atoms with Gasteiger partial charge in [0.25, 0.3) is 0 Å². The van der Waals surface area contributed by atoms with Gasteiger partial charge in [-0.2, -0.15) is 0 Å². The van der Waals surface area contributed by atoms with E-state index in [4.69, 9.17) is 14.4 Å². The van der Waals surface area contributed by atoms with Gasteiger partial charge in [0, 0.05) is 57.7 Å². The van der Waals surface area contributed by atoms with Crippen LogP contribution in [0.4, 0.5) is 10.1 Å². The van der Waals surface area contributed by atoms with E-state index in [0.29, 0.717) is 13.4 Å². The molecule has 2 rings (SSSR count). The Kier molecular flexibility index (Phi) is 5.64. The van der Waals surface area contributed by atoms with Crippen LogP contribution in [0.15, 0.2) is 18.2 Å². The number of piperazine rings is 1. The highest BCUT2D eigenvalue weighted by atomic mass is 19.1. The largest absolute Gasteiger partial charge is 0.569 e. The molecule has 0 unspecified atom stereocenters. The first-order chi connectivity index (χ1) is 9.72. The van der Waals surface area contributed by atoms with Gasteiger partial charge >= 0.3 is 7.69 Å². The molecule has 1 aromatic rings. The van der Waals surface area contributed by atoms with Crippen molar-refractivity contribution in [2.45, 2.75) is 0 Å². The Morgan fingerprint density at radius 1 is 1.25 bits per heavy atom. The van der Waals surface area contributed by atoms with Crippen LogP contribution < -0.4 is 9.55 Å². The maximum Gasteiger partial charge on any atom is 0.569 e. The molecule has 0 bridgehead atoms. The standard InChI is InChI=1S/C13H19BFN2O3/c1-19-7-6-16-2-4-17(5-3-16)12-8-11(15)9-13(10-12)20-14-18/h8-10,18H,2-7H2,1H3. The van der Waals surface area contributed by atoms with Crippen LogP contribution in [-0.2, 0) is 4.74 Å². The molecule has 109 valence electrons. The highest BCUT2D eigenvalue weighted by Gasteiger charge is 2.18. The van der Waals surface area contributed by atoms with Crippen molar-refractivity contribution < 1.29 is 18.8 Å². The number of anilines is 1. The van der Waals surface area contributed by atoms with E-state index >= 15 is 0 Å². The van der Waals surface area contributed by atoms with Gasteiger partial charge in [-0.1, -0.05) is 0 Å². The molecule has 0 amide bonds. The number of halogens is 1. The number of benzene rings is 1. The number of ether oxygens (including phenoxy) is 1. The van der Waals surface area contributed by atoms with Crippen molar-refractivity contribution in [2.24, 2.45) is 0 Å². The van der Waals surface area contributed by atoms with Crippen molar-refractivity contribution in [2.75, 3.05) is 51.3 Å². The summed E-state index contributed by atoms with van der Waals surface area (Å²) in [5.41, 5.74) is 0.772. The molecule has 0 saturated carbocycles. The first-order valence-electron chi connectivity index (χ1n) is 6.62. The fraction of sp³-hybridized carbons (Fsp3) is 0.538. The molecule has 0 atom stereocenters. The van der Waals surface area contributed by atoms with Gasteiger partial charge in [0.1, 0.15) is 11.6 Å². The predicted molar refractivity (Wildman–Crippen MR) is 75.5 cm³/mol. The highest BCUT2D eigenvalue weighted by molar-refractivity contribution is 6.17. The quantitative estimate of drug-likeness (QED) is 0.769. The second-order valence-electron chi connectivity index (χ2n) is 4.69. The van der Waals surface area contributed by atoms with Crippen molar-refractivity contribution in [3.63, 3.8) is 0 Å². The monoisotopic (exact) mass is 281 g/mol. The molecule has 1 heterocycles. The summed E-state index contributed by atoms with van der Waals surface area (Å²) in [7, 11) is 2.25. The van der Waals surface area contributed by atoms with Gasteiger partial charge in [-0.25, -0.2) is 4.39 Å². The van der Waals surface area contributed by atoms with Crippen LogP contribution in [0.25, 0.3) is 0 Å². The van der Waals surface area contributed by atoms with Gasteiger partial charge in [-0.05, 0) is 6.07 Å². The zero-order valence-corrected chi connectivity index (χ0v) is 11.6. The zero-order chi connectivity index (χ0) is 14.4. The third kappa shape index (κ3) is 4.09. The van der Waals surface area contributed by atoms with Gasteiger partial charge in [0.2, 0.25) is 0 Å². The van der Waals surface area contributed by atoms with Crippen molar-refractivity contribution in [3.8, 4) is 5.75 Å². The summed E-state index contributed by atoms with van der Waals surface area (Å²) >= 11 is 0. The van der Waals surface area contributed by atoms with Gasteiger partial charge < -0.3 is 19.3 Å². The fourth-order valence-electron chi connectivity index (χ4n) is 2.31. The van der Waals surface area contributed by atoms with E-state index in [2.05, 4.69) is 9.80 Å². The Labute approximate surface area is 119 Å². The average molecular weight is 281 g/mol. The summed E-state index contributed by atoms with van der Waals surface area (Å²) in [6, 6.07) is 4.45. The molecule has 7 heteroatoms. The number of methoxy groups -OCH3 is 1. The number of nitrogens with zero attached hydrogens (tertiary/aromatic N) is 2. The van der Waals surface area contributed by atoms with Crippen LogP contribution in [0.5, 0.6) is 5.75 Å². The van der Waals surface area contributed by atoms with Crippen LogP contribution in [0.1, 0.15) is 0 Å². The molecule has 20 heavy (non-hydrogen) atoms. The lowest BCUT2D eigenvalue weighted by Crippen LogP contribution is -2.47. The Balaban J connectivity index is 1.96. The van der Waals surface area contributed by atoms with Gasteiger partial charge in [-0.3, -0.25) is 4.90 Å². The first-order valence-corrected chi connectivity index (χ1v) is 6.62. The topological polar surface area (TPSA) is 45.2 Å². The Hall–Kier alpha value is -1.31. The van der Waals surface area contributed by atoms with Crippen molar-refractivity contribution >= 4 is 13.4 Å². The summed E-state index contributed by atoms with van der Waals surface area (Å²) in [6.45, 7) is 5.14. The van der Waals surface area contributed by atoms with Crippen LogP contribution in [0.3, 0.4) is 0 Å². The molecule has 1 radical (unpaired) electrons. The second-order valence-corrected chi connectivity index (χ2v) is 4.69. The lowest BCUT2D eigenvalue weighted by Gasteiger charge is -2.36. The SMILES string of the molecule is COCCN1CCN(c2cc(F)cc(O[B]O)c2)CC1. The van der Waals surface area contributed by atoms with Crippen LogP contribution in [0, 0.1) is 5.82 Å². The average Bonchev–Trinajstić information content (AvgIpc) is 2.45. The molecule has 0 aromatic heterocycles. The van der Waals surface area contributed by atoms with E-state index in [-0.39, 0.29) is 5.82 Å². The number of rotatable bonds is 6. The lowest BCUT2D eigenvalue weighted by molar-refractivity contribution is 0.144. The number of hydrogen-bond donors (Lipinski definition) is 1. The van der Waals surface area contributed by atoms with Crippen LogP contribution >= 0.6 is 0 Å². The predicted octanol–water partition coefficient (Wildman–Crippen LogP) is 0.499. The van der Waals surface area contributed by atoms with Crippen LogP contribution in [-0.4, -0.2) is 64.0 Å². The first kappa shape index (κ1) is 15.1. The Morgan fingerprint density at radius 2 is 2.00 bits per heavy atom. The number of hydrogen-bond acceptors (Lipinski definition) is 5. The molecule has 1 saturated heterocycles. The highest BCUT2D eigenvalue weighted by Crippen LogP contribution is 2.24. The molecule has 1 N–H and O–H groups in total. The lowest BCUT2D eigenvalue weighted by atomic mass is 10.2. The van der Waals surface area contributed by atoms with Crippen molar-refractivity contribution in [1.29, 1.82) is 0 Å². The maximum absolute atomic E-state index is 13.5. The molecule has 1 aliphatic heterocycles. The summed E-state index contributed by atoms with van der Waals surface area (Å²) in [5.74, 6) is -0.0783. The van der Waals surface area contributed by atoms with E-state index in [1.165, 1.54) is 12.1 Å². The molecule has 1 aromatic carbocycles. The van der Waals surface area contributed by atoms with E-state index in [0.717, 1.165) is 45.0 Å². The van der Waals surface area contributed by atoms with Gasteiger partial charge in [0.05, 0.1) is 6.61 Å². The maximum atomic E-state index is 13.5. The summed E-state index contributed by atoms with van der Waals surface area (Å²) < 4.78 is 23.4. The van der Waals surface area contributed by atoms with Gasteiger partial charge in [0.15, 0.2) is 0 Å².